The number of rotatable bonds is 3. The van der Waals surface area contributed by atoms with Gasteiger partial charge in [0.05, 0.1) is 5.56 Å². The molecule has 1 saturated heterocycles. The van der Waals surface area contributed by atoms with Crippen molar-refractivity contribution in [3.05, 3.63) is 23.9 Å². The lowest BCUT2D eigenvalue weighted by Crippen LogP contribution is -2.31. The van der Waals surface area contributed by atoms with E-state index >= 15 is 0 Å². The quantitative estimate of drug-likeness (QED) is 0.875. The lowest BCUT2D eigenvalue weighted by atomic mass is 9.98. The van der Waals surface area contributed by atoms with E-state index in [0.29, 0.717) is 12.5 Å². The molecule has 1 aliphatic rings. The van der Waals surface area contributed by atoms with E-state index in [1.807, 2.05) is 0 Å². The van der Waals surface area contributed by atoms with Crippen molar-refractivity contribution in [3.63, 3.8) is 0 Å². The molecule has 1 fully saturated rings. The van der Waals surface area contributed by atoms with Crippen molar-refractivity contribution in [1.29, 1.82) is 0 Å². The van der Waals surface area contributed by atoms with Gasteiger partial charge in [0, 0.05) is 12.7 Å². The van der Waals surface area contributed by atoms with Gasteiger partial charge >= 0.3 is 6.18 Å². The molecule has 2 heterocycles. The largest absolute Gasteiger partial charge is 0.419 e. The van der Waals surface area contributed by atoms with Gasteiger partial charge in [-0.3, -0.25) is 0 Å². The third kappa shape index (κ3) is 3.35. The molecule has 1 aliphatic heterocycles. The van der Waals surface area contributed by atoms with Crippen molar-refractivity contribution in [2.75, 3.05) is 25.0 Å². The number of nitrogens with one attached hydrogen (secondary N) is 2. The highest BCUT2D eigenvalue weighted by Crippen LogP contribution is 2.33. The van der Waals surface area contributed by atoms with Crippen LogP contribution in [-0.2, 0) is 6.18 Å². The first-order valence-corrected chi connectivity index (χ1v) is 6.04. The van der Waals surface area contributed by atoms with E-state index in [9.17, 15) is 13.2 Å². The third-order valence-corrected chi connectivity index (χ3v) is 3.13. The van der Waals surface area contributed by atoms with Gasteiger partial charge in [-0.05, 0) is 44.0 Å². The molecule has 6 heteroatoms. The maximum Gasteiger partial charge on any atom is 0.419 e. The van der Waals surface area contributed by atoms with Gasteiger partial charge in [0.25, 0.3) is 0 Å². The van der Waals surface area contributed by atoms with Crippen LogP contribution in [0.3, 0.4) is 0 Å². The summed E-state index contributed by atoms with van der Waals surface area (Å²) in [5.74, 6) is 0.345. The first-order chi connectivity index (χ1) is 8.57. The average molecular weight is 259 g/mol. The second-order valence-corrected chi connectivity index (χ2v) is 4.47. The summed E-state index contributed by atoms with van der Waals surface area (Å²) < 4.78 is 38.2. The van der Waals surface area contributed by atoms with Gasteiger partial charge < -0.3 is 10.6 Å². The molecule has 0 unspecified atom stereocenters. The Morgan fingerprint density at radius 3 is 2.72 bits per heavy atom. The van der Waals surface area contributed by atoms with Crippen LogP contribution >= 0.6 is 0 Å². The van der Waals surface area contributed by atoms with Crippen LogP contribution in [0.5, 0.6) is 0 Å². The Kier molecular flexibility index (Phi) is 4.06. The van der Waals surface area contributed by atoms with Crippen LogP contribution in [0.1, 0.15) is 18.4 Å². The second-order valence-electron chi connectivity index (χ2n) is 4.47. The fourth-order valence-electron chi connectivity index (χ4n) is 2.10. The van der Waals surface area contributed by atoms with Crippen LogP contribution in [0.2, 0.25) is 0 Å². The third-order valence-electron chi connectivity index (χ3n) is 3.13. The summed E-state index contributed by atoms with van der Waals surface area (Å²) in [6.07, 6.45) is -1.01. The Morgan fingerprint density at radius 2 is 2.06 bits per heavy atom. The summed E-state index contributed by atoms with van der Waals surface area (Å²) in [7, 11) is 0. The zero-order valence-corrected chi connectivity index (χ0v) is 9.93. The maximum absolute atomic E-state index is 12.7. The first-order valence-electron chi connectivity index (χ1n) is 6.04. The topological polar surface area (TPSA) is 37.0 Å². The van der Waals surface area contributed by atoms with Crippen LogP contribution in [0.25, 0.3) is 0 Å². The van der Waals surface area contributed by atoms with Crippen LogP contribution in [-0.4, -0.2) is 24.6 Å². The van der Waals surface area contributed by atoms with Crippen molar-refractivity contribution >= 4 is 5.82 Å². The zero-order chi connectivity index (χ0) is 13.0. The number of pyridine rings is 1. The number of aromatic nitrogens is 1. The lowest BCUT2D eigenvalue weighted by Gasteiger charge is -2.23. The van der Waals surface area contributed by atoms with Gasteiger partial charge in [-0.1, -0.05) is 0 Å². The van der Waals surface area contributed by atoms with Crippen molar-refractivity contribution in [1.82, 2.24) is 10.3 Å². The summed E-state index contributed by atoms with van der Waals surface area (Å²) in [4.78, 5) is 3.78. The normalized spacial score (nSPS) is 17.7. The molecule has 0 aliphatic carbocycles. The fourth-order valence-corrected chi connectivity index (χ4v) is 2.10. The number of anilines is 1. The van der Waals surface area contributed by atoms with E-state index in [-0.39, 0.29) is 5.82 Å². The molecule has 0 saturated carbocycles. The summed E-state index contributed by atoms with van der Waals surface area (Å²) in [5, 5.41) is 6.06. The average Bonchev–Trinajstić information content (AvgIpc) is 2.37. The van der Waals surface area contributed by atoms with Gasteiger partial charge in [-0.25, -0.2) is 4.98 Å². The molecule has 0 amide bonds. The molecule has 3 nitrogen and oxygen atoms in total. The standard InChI is InChI=1S/C12H16F3N3/c13-12(14,15)10-2-1-5-17-11(10)18-8-9-3-6-16-7-4-9/h1-2,5,9,16H,3-4,6-8H2,(H,17,18). The molecular weight excluding hydrogens is 243 g/mol. The summed E-state index contributed by atoms with van der Waals surface area (Å²) in [5.41, 5.74) is -0.695. The molecule has 1 aromatic heterocycles. The van der Waals surface area contributed by atoms with E-state index in [1.165, 1.54) is 12.3 Å². The minimum atomic E-state index is -4.36. The van der Waals surface area contributed by atoms with Gasteiger partial charge in [0.1, 0.15) is 5.82 Å². The monoisotopic (exact) mass is 259 g/mol. The minimum Gasteiger partial charge on any atom is -0.369 e. The summed E-state index contributed by atoms with van der Waals surface area (Å²) >= 11 is 0. The molecule has 2 N–H and O–H groups in total. The fraction of sp³-hybridized carbons (Fsp3) is 0.583. The number of nitrogens with zero attached hydrogens (tertiary/aromatic N) is 1. The highest BCUT2D eigenvalue weighted by molar-refractivity contribution is 5.45. The molecule has 0 bridgehead atoms. The molecule has 0 spiro atoms. The lowest BCUT2D eigenvalue weighted by molar-refractivity contribution is -0.137. The predicted octanol–water partition coefficient (Wildman–Crippen LogP) is 2.51. The second kappa shape index (κ2) is 5.56. The molecule has 100 valence electrons. The highest BCUT2D eigenvalue weighted by atomic mass is 19.4. The summed E-state index contributed by atoms with van der Waals surface area (Å²) in [6.45, 7) is 2.41. The molecule has 0 radical (unpaired) electrons. The molecule has 18 heavy (non-hydrogen) atoms. The minimum absolute atomic E-state index is 0.0662. The number of halogens is 3. The molecule has 1 aromatic rings. The Hall–Kier alpha value is -1.30. The number of hydrogen-bond acceptors (Lipinski definition) is 3. The van der Waals surface area contributed by atoms with E-state index < -0.39 is 11.7 Å². The Bertz CT molecular complexity index is 386. The van der Waals surface area contributed by atoms with E-state index in [0.717, 1.165) is 32.0 Å². The number of hydrogen-bond donors (Lipinski definition) is 2. The van der Waals surface area contributed by atoms with E-state index in [2.05, 4.69) is 15.6 Å². The zero-order valence-electron chi connectivity index (χ0n) is 9.93. The first kappa shape index (κ1) is 13.1. The smallest absolute Gasteiger partial charge is 0.369 e. The number of alkyl halides is 3. The molecule has 0 atom stereocenters. The van der Waals surface area contributed by atoms with Crippen molar-refractivity contribution < 1.29 is 13.2 Å². The molecular formula is C12H16F3N3. The van der Waals surface area contributed by atoms with Crippen molar-refractivity contribution in [2.24, 2.45) is 5.92 Å². The van der Waals surface area contributed by atoms with Crippen LogP contribution in [0.15, 0.2) is 18.3 Å². The van der Waals surface area contributed by atoms with Crippen molar-refractivity contribution in [2.45, 2.75) is 19.0 Å². The maximum atomic E-state index is 12.7. The summed E-state index contributed by atoms with van der Waals surface area (Å²) in [6, 6.07) is 2.36. The predicted molar refractivity (Wildman–Crippen MR) is 63.3 cm³/mol. The Labute approximate surface area is 104 Å². The molecule has 0 aromatic carbocycles. The van der Waals surface area contributed by atoms with Crippen LogP contribution in [0.4, 0.5) is 19.0 Å². The number of piperidine rings is 1. The Balaban J connectivity index is 2.00. The van der Waals surface area contributed by atoms with E-state index in [4.69, 9.17) is 0 Å². The highest BCUT2D eigenvalue weighted by Gasteiger charge is 2.34. The van der Waals surface area contributed by atoms with E-state index in [1.54, 1.807) is 0 Å². The SMILES string of the molecule is FC(F)(F)c1cccnc1NCC1CCNCC1. The van der Waals surface area contributed by atoms with Crippen molar-refractivity contribution in [3.8, 4) is 0 Å². The van der Waals surface area contributed by atoms with Gasteiger partial charge in [-0.15, -0.1) is 0 Å². The molecule has 2 rings (SSSR count). The van der Waals surface area contributed by atoms with Gasteiger partial charge in [-0.2, -0.15) is 13.2 Å². The van der Waals surface area contributed by atoms with Gasteiger partial charge in [0.15, 0.2) is 0 Å². The van der Waals surface area contributed by atoms with Crippen LogP contribution in [0, 0.1) is 5.92 Å². The van der Waals surface area contributed by atoms with Gasteiger partial charge in [0.2, 0.25) is 0 Å². The Morgan fingerprint density at radius 1 is 1.33 bits per heavy atom. The van der Waals surface area contributed by atoms with Crippen LogP contribution < -0.4 is 10.6 Å².